The van der Waals surface area contributed by atoms with Crippen LogP contribution < -0.4 is 11.1 Å². The van der Waals surface area contributed by atoms with Gasteiger partial charge in [0, 0.05) is 30.7 Å². The van der Waals surface area contributed by atoms with Crippen LogP contribution in [0, 0.1) is 5.92 Å². The van der Waals surface area contributed by atoms with E-state index < -0.39 is 6.04 Å². The quantitative estimate of drug-likeness (QED) is 0.849. The summed E-state index contributed by atoms with van der Waals surface area (Å²) in [6.07, 6.45) is 1.95. The van der Waals surface area contributed by atoms with Crippen molar-refractivity contribution >= 4 is 29.9 Å². The van der Waals surface area contributed by atoms with Gasteiger partial charge in [-0.25, -0.2) is 0 Å². The third-order valence-corrected chi connectivity index (χ3v) is 4.53. The first kappa shape index (κ1) is 20.2. The van der Waals surface area contributed by atoms with Crippen molar-refractivity contribution in [2.24, 2.45) is 11.7 Å². The summed E-state index contributed by atoms with van der Waals surface area (Å²) >= 11 is 5.91. The number of carbonyl (C=O) groups excluding carboxylic acids is 1. The molecule has 0 unspecified atom stereocenters. The lowest BCUT2D eigenvalue weighted by atomic mass is 10.0. The Morgan fingerprint density at radius 1 is 1.30 bits per heavy atom. The van der Waals surface area contributed by atoms with Crippen LogP contribution in [-0.2, 0) is 11.3 Å². The molecule has 2 rings (SSSR count). The molecule has 1 aromatic rings. The minimum Gasteiger partial charge on any atom is -0.352 e. The first-order chi connectivity index (χ1) is 10.5. The van der Waals surface area contributed by atoms with Gasteiger partial charge in [0.05, 0.1) is 6.04 Å². The van der Waals surface area contributed by atoms with E-state index in [9.17, 15) is 4.79 Å². The highest BCUT2D eigenvalue weighted by Crippen LogP contribution is 2.16. The van der Waals surface area contributed by atoms with E-state index in [2.05, 4.69) is 22.3 Å². The molecule has 1 fully saturated rings. The lowest BCUT2D eigenvalue weighted by molar-refractivity contribution is -0.124. The van der Waals surface area contributed by atoms with E-state index in [-0.39, 0.29) is 30.3 Å². The number of hydrogen-bond donors (Lipinski definition) is 2. The molecular weight excluding hydrogens is 333 g/mol. The molecule has 23 heavy (non-hydrogen) atoms. The molecule has 1 heterocycles. The van der Waals surface area contributed by atoms with Gasteiger partial charge in [0.1, 0.15) is 0 Å². The molecular formula is C17H27Cl2N3O. The predicted molar refractivity (Wildman–Crippen MR) is 98.0 cm³/mol. The van der Waals surface area contributed by atoms with Gasteiger partial charge in [-0.1, -0.05) is 37.6 Å². The van der Waals surface area contributed by atoms with Crippen LogP contribution in [0.25, 0.3) is 0 Å². The van der Waals surface area contributed by atoms with Crippen molar-refractivity contribution in [2.45, 2.75) is 45.3 Å². The van der Waals surface area contributed by atoms with Gasteiger partial charge < -0.3 is 11.1 Å². The van der Waals surface area contributed by atoms with E-state index in [1.54, 1.807) is 0 Å². The Morgan fingerprint density at radius 2 is 1.87 bits per heavy atom. The average molecular weight is 360 g/mol. The summed E-state index contributed by atoms with van der Waals surface area (Å²) in [5, 5.41) is 3.85. The summed E-state index contributed by atoms with van der Waals surface area (Å²) < 4.78 is 0. The maximum Gasteiger partial charge on any atom is 0.237 e. The van der Waals surface area contributed by atoms with Crippen molar-refractivity contribution in [1.29, 1.82) is 0 Å². The largest absolute Gasteiger partial charge is 0.352 e. The summed E-state index contributed by atoms with van der Waals surface area (Å²) in [5.41, 5.74) is 7.16. The molecule has 1 aromatic carbocycles. The summed E-state index contributed by atoms with van der Waals surface area (Å²) in [4.78, 5) is 14.4. The van der Waals surface area contributed by atoms with Crippen LogP contribution in [0.3, 0.4) is 0 Å². The Kier molecular flexibility index (Phi) is 8.34. The number of piperidine rings is 1. The molecule has 1 saturated heterocycles. The lowest BCUT2D eigenvalue weighted by Gasteiger charge is -2.33. The average Bonchev–Trinajstić information content (AvgIpc) is 2.50. The number of benzene rings is 1. The third-order valence-electron chi connectivity index (χ3n) is 4.27. The number of halogens is 2. The van der Waals surface area contributed by atoms with E-state index in [1.807, 2.05) is 26.0 Å². The molecule has 1 amide bonds. The molecule has 1 aliphatic rings. The molecule has 0 aliphatic carbocycles. The maximum absolute atomic E-state index is 12.0. The minimum absolute atomic E-state index is 0. The molecule has 0 bridgehead atoms. The number of amides is 1. The van der Waals surface area contributed by atoms with Crippen LogP contribution >= 0.6 is 24.0 Å². The van der Waals surface area contributed by atoms with Gasteiger partial charge in [0.2, 0.25) is 5.91 Å². The number of carbonyl (C=O) groups is 1. The van der Waals surface area contributed by atoms with E-state index in [0.717, 1.165) is 37.5 Å². The fourth-order valence-electron chi connectivity index (χ4n) is 2.68. The van der Waals surface area contributed by atoms with Gasteiger partial charge in [-0.15, -0.1) is 12.4 Å². The minimum atomic E-state index is -0.410. The second kappa shape index (κ2) is 9.48. The first-order valence-corrected chi connectivity index (χ1v) is 8.36. The highest BCUT2D eigenvalue weighted by atomic mass is 35.5. The molecule has 0 spiro atoms. The molecule has 0 aromatic heterocycles. The van der Waals surface area contributed by atoms with Crippen molar-refractivity contribution in [3.8, 4) is 0 Å². The van der Waals surface area contributed by atoms with Gasteiger partial charge in [0.15, 0.2) is 0 Å². The summed E-state index contributed by atoms with van der Waals surface area (Å²) in [6.45, 7) is 6.86. The zero-order valence-corrected chi connectivity index (χ0v) is 15.4. The number of nitrogens with two attached hydrogens (primary N) is 1. The van der Waals surface area contributed by atoms with Crippen LogP contribution in [0.5, 0.6) is 0 Å². The molecule has 0 radical (unpaired) electrons. The van der Waals surface area contributed by atoms with Gasteiger partial charge >= 0.3 is 0 Å². The van der Waals surface area contributed by atoms with Crippen LogP contribution in [-0.4, -0.2) is 36.0 Å². The van der Waals surface area contributed by atoms with Gasteiger partial charge in [-0.05, 0) is 36.5 Å². The predicted octanol–water partition coefficient (Wildman–Crippen LogP) is 2.83. The fourth-order valence-corrected chi connectivity index (χ4v) is 2.81. The zero-order valence-electron chi connectivity index (χ0n) is 13.8. The first-order valence-electron chi connectivity index (χ1n) is 7.98. The van der Waals surface area contributed by atoms with Gasteiger partial charge in [-0.3, -0.25) is 9.69 Å². The number of likely N-dealkylation sites (tertiary alicyclic amines) is 1. The van der Waals surface area contributed by atoms with E-state index in [4.69, 9.17) is 17.3 Å². The molecule has 1 aliphatic heterocycles. The summed E-state index contributed by atoms with van der Waals surface area (Å²) in [7, 11) is 0. The van der Waals surface area contributed by atoms with Crippen LogP contribution in [0.1, 0.15) is 32.3 Å². The SMILES string of the molecule is CC(C)[C@H](N)C(=O)NC1CCN(Cc2ccc(Cl)cc2)CC1.Cl. The number of rotatable bonds is 5. The molecule has 1 atom stereocenters. The fraction of sp³-hybridized carbons (Fsp3) is 0.588. The second-order valence-corrected chi connectivity index (χ2v) is 6.89. The van der Waals surface area contributed by atoms with Crippen LogP contribution in [0.4, 0.5) is 0 Å². The monoisotopic (exact) mass is 359 g/mol. The van der Waals surface area contributed by atoms with Crippen molar-refractivity contribution in [2.75, 3.05) is 13.1 Å². The molecule has 130 valence electrons. The smallest absolute Gasteiger partial charge is 0.237 e. The summed E-state index contributed by atoms with van der Waals surface area (Å²) in [6, 6.07) is 7.83. The standard InChI is InChI=1S/C17H26ClN3O.ClH/c1-12(2)16(19)17(22)20-15-7-9-21(10-8-15)11-13-3-5-14(18)6-4-13;/h3-6,12,15-16H,7-11,19H2,1-2H3,(H,20,22);1H/t16-;/m0./s1. The topological polar surface area (TPSA) is 58.4 Å². The normalized spacial score (nSPS) is 17.6. The molecule has 3 N–H and O–H groups in total. The summed E-state index contributed by atoms with van der Waals surface area (Å²) in [5.74, 6) is 0.149. The maximum atomic E-state index is 12.0. The number of nitrogens with one attached hydrogen (secondary N) is 1. The Hall–Kier alpha value is -0.810. The van der Waals surface area contributed by atoms with Gasteiger partial charge in [0.25, 0.3) is 0 Å². The third kappa shape index (κ3) is 6.30. The van der Waals surface area contributed by atoms with Crippen LogP contribution in [0.15, 0.2) is 24.3 Å². The Bertz CT molecular complexity index is 485. The second-order valence-electron chi connectivity index (χ2n) is 6.46. The molecule has 4 nitrogen and oxygen atoms in total. The number of hydrogen-bond acceptors (Lipinski definition) is 3. The van der Waals surface area contributed by atoms with Crippen LogP contribution in [0.2, 0.25) is 5.02 Å². The molecule has 6 heteroatoms. The van der Waals surface area contributed by atoms with E-state index in [1.165, 1.54) is 5.56 Å². The Labute approximate surface area is 150 Å². The van der Waals surface area contributed by atoms with E-state index >= 15 is 0 Å². The lowest BCUT2D eigenvalue weighted by Crippen LogP contribution is -2.51. The highest BCUT2D eigenvalue weighted by Gasteiger charge is 2.24. The zero-order chi connectivity index (χ0) is 16.1. The Morgan fingerprint density at radius 3 is 2.39 bits per heavy atom. The number of nitrogens with zero attached hydrogens (tertiary/aromatic N) is 1. The van der Waals surface area contributed by atoms with Gasteiger partial charge in [-0.2, -0.15) is 0 Å². The Balaban J connectivity index is 0.00000264. The van der Waals surface area contributed by atoms with Crippen molar-refractivity contribution in [1.82, 2.24) is 10.2 Å². The van der Waals surface area contributed by atoms with Crippen molar-refractivity contribution in [3.05, 3.63) is 34.9 Å². The van der Waals surface area contributed by atoms with Crippen molar-refractivity contribution in [3.63, 3.8) is 0 Å². The van der Waals surface area contributed by atoms with E-state index in [0.29, 0.717) is 0 Å². The van der Waals surface area contributed by atoms with Crippen molar-refractivity contribution < 1.29 is 4.79 Å². The highest BCUT2D eigenvalue weighted by molar-refractivity contribution is 6.30. The molecule has 0 saturated carbocycles.